The zero-order chi connectivity index (χ0) is 20.8. The van der Waals surface area contributed by atoms with E-state index in [4.69, 9.17) is 9.47 Å². The Balaban J connectivity index is 1.50. The fourth-order valence-corrected chi connectivity index (χ4v) is 2.98. The first-order valence-electron chi connectivity index (χ1n) is 9.23. The Morgan fingerprint density at radius 1 is 1.00 bits per heavy atom. The van der Waals surface area contributed by atoms with E-state index in [2.05, 4.69) is 0 Å². The number of rotatable bonds is 7. The number of amides is 1. The fraction of sp³-hybridized carbons (Fsp3) is 0.217. The minimum absolute atomic E-state index is 0.214. The lowest BCUT2D eigenvalue weighted by atomic mass is 10.1. The van der Waals surface area contributed by atoms with E-state index in [0.29, 0.717) is 11.3 Å². The summed E-state index contributed by atoms with van der Waals surface area (Å²) in [4.78, 5) is 25.8. The Morgan fingerprint density at radius 3 is 2.52 bits per heavy atom. The summed E-state index contributed by atoms with van der Waals surface area (Å²) in [7, 11) is 1.57. The summed E-state index contributed by atoms with van der Waals surface area (Å²) < 4.78 is 23.9. The third-order valence-corrected chi connectivity index (χ3v) is 4.42. The summed E-state index contributed by atoms with van der Waals surface area (Å²) in [5.74, 6) is -0.844. The molecule has 0 aliphatic heterocycles. The van der Waals surface area contributed by atoms with Crippen molar-refractivity contribution in [2.45, 2.75) is 19.6 Å². The number of carbonyl (C=O) groups is 2. The van der Waals surface area contributed by atoms with E-state index < -0.39 is 12.1 Å². The highest BCUT2D eigenvalue weighted by Gasteiger charge is 2.22. The summed E-state index contributed by atoms with van der Waals surface area (Å²) in [5, 5.41) is 2.07. The third kappa shape index (κ3) is 5.54. The maximum Gasteiger partial charge on any atom is 0.344 e. The second kappa shape index (κ2) is 9.19. The highest BCUT2D eigenvalue weighted by atomic mass is 19.1. The molecule has 6 heteroatoms. The fourth-order valence-electron chi connectivity index (χ4n) is 2.98. The quantitative estimate of drug-likeness (QED) is 0.569. The van der Waals surface area contributed by atoms with Gasteiger partial charge in [-0.05, 0) is 47.5 Å². The Kier molecular flexibility index (Phi) is 6.44. The average molecular weight is 395 g/mol. The minimum Gasteiger partial charge on any atom is -0.482 e. The first-order valence-corrected chi connectivity index (χ1v) is 9.23. The summed E-state index contributed by atoms with van der Waals surface area (Å²) >= 11 is 0. The number of halogens is 1. The largest absolute Gasteiger partial charge is 0.482 e. The Morgan fingerprint density at radius 2 is 1.76 bits per heavy atom. The van der Waals surface area contributed by atoms with Crippen LogP contribution in [-0.4, -0.2) is 36.5 Å². The summed E-state index contributed by atoms with van der Waals surface area (Å²) in [6, 6.07) is 19.3. The molecule has 1 atom stereocenters. The van der Waals surface area contributed by atoms with Crippen molar-refractivity contribution in [3.05, 3.63) is 78.1 Å². The van der Waals surface area contributed by atoms with Crippen LogP contribution in [0.15, 0.2) is 66.7 Å². The maximum atomic E-state index is 13.3. The van der Waals surface area contributed by atoms with Crippen molar-refractivity contribution in [2.75, 3.05) is 13.7 Å². The Labute approximate surface area is 168 Å². The number of hydrogen-bond donors (Lipinski definition) is 0. The Hall–Kier alpha value is -3.41. The van der Waals surface area contributed by atoms with Crippen LogP contribution in [0.3, 0.4) is 0 Å². The van der Waals surface area contributed by atoms with Gasteiger partial charge in [-0.15, -0.1) is 0 Å². The molecule has 0 spiro atoms. The van der Waals surface area contributed by atoms with E-state index in [-0.39, 0.29) is 24.9 Å². The van der Waals surface area contributed by atoms with Crippen LogP contribution in [0.25, 0.3) is 10.8 Å². The minimum atomic E-state index is -0.971. The van der Waals surface area contributed by atoms with Crippen LogP contribution in [0, 0.1) is 5.82 Å². The third-order valence-electron chi connectivity index (χ3n) is 4.42. The predicted molar refractivity (Wildman–Crippen MR) is 108 cm³/mol. The molecule has 1 amide bonds. The summed E-state index contributed by atoms with van der Waals surface area (Å²) in [6.07, 6.45) is -0.971. The van der Waals surface area contributed by atoms with Crippen molar-refractivity contribution in [1.82, 2.24) is 4.90 Å². The van der Waals surface area contributed by atoms with Gasteiger partial charge in [-0.3, -0.25) is 4.79 Å². The number of fused-ring (bicyclic) bond motifs is 1. The van der Waals surface area contributed by atoms with Crippen LogP contribution in [0.5, 0.6) is 5.75 Å². The lowest BCUT2D eigenvalue weighted by Crippen LogP contribution is -2.37. The highest BCUT2D eigenvalue weighted by molar-refractivity contribution is 5.84. The van der Waals surface area contributed by atoms with Gasteiger partial charge in [0.05, 0.1) is 0 Å². The lowest BCUT2D eigenvalue weighted by molar-refractivity contribution is -0.160. The van der Waals surface area contributed by atoms with Crippen LogP contribution >= 0.6 is 0 Å². The van der Waals surface area contributed by atoms with Gasteiger partial charge in [0.15, 0.2) is 12.7 Å². The molecule has 0 radical (unpaired) electrons. The topological polar surface area (TPSA) is 55.8 Å². The van der Waals surface area contributed by atoms with Crippen molar-refractivity contribution in [1.29, 1.82) is 0 Å². The molecule has 0 aliphatic carbocycles. The molecule has 3 rings (SSSR count). The van der Waals surface area contributed by atoms with Gasteiger partial charge in [-0.2, -0.15) is 0 Å². The highest BCUT2D eigenvalue weighted by Crippen LogP contribution is 2.20. The molecule has 29 heavy (non-hydrogen) atoms. The lowest BCUT2D eigenvalue weighted by Gasteiger charge is -2.21. The molecule has 0 bridgehead atoms. The monoisotopic (exact) mass is 395 g/mol. The number of hydrogen-bond acceptors (Lipinski definition) is 4. The van der Waals surface area contributed by atoms with Crippen LogP contribution in [-0.2, 0) is 20.9 Å². The van der Waals surface area contributed by atoms with Crippen molar-refractivity contribution in [3.63, 3.8) is 0 Å². The molecular weight excluding hydrogens is 373 g/mol. The van der Waals surface area contributed by atoms with Gasteiger partial charge < -0.3 is 14.4 Å². The van der Waals surface area contributed by atoms with Crippen molar-refractivity contribution >= 4 is 22.6 Å². The molecule has 5 nitrogen and oxygen atoms in total. The molecule has 0 aromatic heterocycles. The number of ether oxygens (including phenoxy) is 2. The molecule has 0 aliphatic rings. The molecule has 0 unspecified atom stereocenters. The average Bonchev–Trinajstić information content (AvgIpc) is 2.71. The summed E-state index contributed by atoms with van der Waals surface area (Å²) in [5.41, 5.74) is 0.652. The molecule has 0 saturated carbocycles. The molecule has 0 N–H and O–H groups in total. The predicted octanol–water partition coefficient (Wildman–Crippen LogP) is 3.95. The molecule has 0 heterocycles. The normalized spacial score (nSPS) is 11.7. The van der Waals surface area contributed by atoms with E-state index in [1.54, 1.807) is 25.2 Å². The number of carbonyl (C=O) groups excluding carboxylic acids is 2. The Bertz CT molecular complexity index is 1020. The SMILES string of the molecule is C[C@@H](OC(=O)COc1ccc2ccccc2c1)C(=O)N(C)Cc1cccc(F)c1. The van der Waals surface area contributed by atoms with Crippen molar-refractivity contribution < 1.29 is 23.5 Å². The molecule has 3 aromatic carbocycles. The second-order valence-corrected chi connectivity index (χ2v) is 6.75. The van der Waals surface area contributed by atoms with E-state index in [1.165, 1.54) is 24.0 Å². The maximum absolute atomic E-state index is 13.3. The van der Waals surface area contributed by atoms with Crippen LogP contribution in [0.2, 0.25) is 0 Å². The van der Waals surface area contributed by atoms with Gasteiger partial charge in [0.2, 0.25) is 0 Å². The zero-order valence-electron chi connectivity index (χ0n) is 16.3. The number of esters is 1. The zero-order valence-corrected chi connectivity index (χ0v) is 16.3. The number of benzene rings is 3. The summed E-state index contributed by atoms with van der Waals surface area (Å²) in [6.45, 7) is 1.41. The first kappa shape index (κ1) is 20.3. The van der Waals surface area contributed by atoms with Gasteiger partial charge in [-0.25, -0.2) is 9.18 Å². The van der Waals surface area contributed by atoms with Crippen LogP contribution in [0.4, 0.5) is 4.39 Å². The van der Waals surface area contributed by atoms with Gasteiger partial charge >= 0.3 is 5.97 Å². The molecule has 3 aromatic rings. The smallest absolute Gasteiger partial charge is 0.344 e. The van der Waals surface area contributed by atoms with E-state index >= 15 is 0 Å². The van der Waals surface area contributed by atoms with Crippen molar-refractivity contribution in [3.8, 4) is 5.75 Å². The van der Waals surface area contributed by atoms with Gasteiger partial charge in [-0.1, -0.05) is 42.5 Å². The molecule has 0 saturated heterocycles. The first-order chi connectivity index (χ1) is 13.9. The van der Waals surface area contributed by atoms with Gasteiger partial charge in [0.25, 0.3) is 5.91 Å². The number of nitrogens with zero attached hydrogens (tertiary/aromatic N) is 1. The van der Waals surface area contributed by atoms with Gasteiger partial charge in [0.1, 0.15) is 11.6 Å². The second-order valence-electron chi connectivity index (χ2n) is 6.75. The van der Waals surface area contributed by atoms with Crippen LogP contribution in [0.1, 0.15) is 12.5 Å². The van der Waals surface area contributed by atoms with Crippen LogP contribution < -0.4 is 4.74 Å². The van der Waals surface area contributed by atoms with Gasteiger partial charge in [0, 0.05) is 13.6 Å². The van der Waals surface area contributed by atoms with E-state index in [0.717, 1.165) is 10.8 Å². The number of likely N-dealkylation sites (N-methyl/N-ethyl adjacent to an activating group) is 1. The molecular formula is C23H22FNO4. The molecule has 0 fully saturated rings. The standard InChI is InChI=1S/C23H22FNO4/c1-16(23(27)25(2)14-17-6-5-9-20(24)12-17)29-22(26)15-28-21-11-10-18-7-3-4-8-19(18)13-21/h3-13,16H,14-15H2,1-2H3/t16-/m1/s1. The van der Waals surface area contributed by atoms with E-state index in [9.17, 15) is 14.0 Å². The van der Waals surface area contributed by atoms with E-state index in [1.807, 2.05) is 36.4 Å². The van der Waals surface area contributed by atoms with Crippen molar-refractivity contribution in [2.24, 2.45) is 0 Å². The molecule has 150 valence electrons.